The zero-order valence-electron chi connectivity index (χ0n) is 9.39. The molecule has 1 fully saturated rings. The Balaban J connectivity index is 1.94. The molecule has 0 atom stereocenters. The lowest BCUT2D eigenvalue weighted by molar-refractivity contribution is 0.642. The topological polar surface area (TPSA) is 76.7 Å². The number of halogens is 1. The second-order valence-corrected chi connectivity index (χ2v) is 6.45. The number of hydrogen-bond donors (Lipinski definition) is 2. The van der Waals surface area contributed by atoms with Gasteiger partial charge in [0.2, 0.25) is 0 Å². The van der Waals surface area contributed by atoms with E-state index in [0.29, 0.717) is 16.9 Å². The Morgan fingerprint density at radius 3 is 2.94 bits per heavy atom. The van der Waals surface area contributed by atoms with Gasteiger partial charge in [-0.2, -0.15) is 0 Å². The van der Waals surface area contributed by atoms with Crippen molar-refractivity contribution in [3.8, 4) is 0 Å². The Morgan fingerprint density at radius 2 is 2.28 bits per heavy atom. The first-order chi connectivity index (χ1) is 8.65. The molecule has 1 saturated carbocycles. The zero-order chi connectivity index (χ0) is 12.7. The minimum absolute atomic E-state index is 0.135. The van der Waals surface area contributed by atoms with Crippen LogP contribution in [0.3, 0.4) is 0 Å². The molecule has 1 aromatic carbocycles. The maximum atomic E-state index is 11.6. The molecule has 0 saturated heterocycles. The van der Waals surface area contributed by atoms with Crippen molar-refractivity contribution in [3.63, 3.8) is 0 Å². The van der Waals surface area contributed by atoms with E-state index in [1.165, 1.54) is 11.8 Å². The Hall–Kier alpha value is -0.960. The van der Waals surface area contributed by atoms with Crippen LogP contribution in [0, 0.1) is 3.57 Å². The molecule has 94 valence electrons. The number of rotatable bonds is 3. The third-order valence-electron chi connectivity index (χ3n) is 2.76. The van der Waals surface area contributed by atoms with Crippen molar-refractivity contribution in [2.24, 2.45) is 0 Å². The van der Waals surface area contributed by atoms with Crippen LogP contribution in [-0.4, -0.2) is 14.8 Å². The summed E-state index contributed by atoms with van der Waals surface area (Å²) in [6.45, 7) is 0. The van der Waals surface area contributed by atoms with E-state index in [0.717, 1.165) is 21.3 Å². The quantitative estimate of drug-likeness (QED) is 0.638. The summed E-state index contributed by atoms with van der Waals surface area (Å²) < 4.78 is 2.82. The summed E-state index contributed by atoms with van der Waals surface area (Å²) in [7, 11) is 0. The van der Waals surface area contributed by atoms with Crippen molar-refractivity contribution < 1.29 is 0 Å². The largest absolute Gasteiger partial charge is 0.398 e. The summed E-state index contributed by atoms with van der Waals surface area (Å²) in [6, 6.07) is 6.17. The van der Waals surface area contributed by atoms with E-state index in [-0.39, 0.29) is 5.69 Å². The predicted octanol–water partition coefficient (Wildman–Crippen LogP) is 2.24. The molecule has 0 bridgehead atoms. The second-order valence-electron chi connectivity index (χ2n) is 4.20. The van der Waals surface area contributed by atoms with E-state index in [9.17, 15) is 4.79 Å². The number of nitrogens with one attached hydrogen (secondary N) is 1. The van der Waals surface area contributed by atoms with E-state index in [1.807, 2.05) is 18.2 Å². The number of anilines is 1. The van der Waals surface area contributed by atoms with Crippen LogP contribution in [0.5, 0.6) is 0 Å². The molecule has 18 heavy (non-hydrogen) atoms. The summed E-state index contributed by atoms with van der Waals surface area (Å²) in [5.74, 6) is 0. The van der Waals surface area contributed by atoms with Gasteiger partial charge in [-0.25, -0.2) is 9.89 Å². The highest BCUT2D eigenvalue weighted by Crippen LogP contribution is 2.38. The molecule has 0 amide bonds. The van der Waals surface area contributed by atoms with Crippen LogP contribution in [0.25, 0.3) is 0 Å². The highest BCUT2D eigenvalue weighted by atomic mass is 127. The summed E-state index contributed by atoms with van der Waals surface area (Å²) >= 11 is 3.65. The minimum Gasteiger partial charge on any atom is -0.398 e. The van der Waals surface area contributed by atoms with Gasteiger partial charge in [0.15, 0.2) is 5.16 Å². The molecule has 0 unspecified atom stereocenters. The van der Waals surface area contributed by atoms with E-state index in [2.05, 4.69) is 32.8 Å². The van der Waals surface area contributed by atoms with Crippen LogP contribution in [0.4, 0.5) is 5.69 Å². The number of aromatic amines is 1. The van der Waals surface area contributed by atoms with Crippen molar-refractivity contribution in [1.82, 2.24) is 14.8 Å². The maximum absolute atomic E-state index is 11.6. The highest BCUT2D eigenvalue weighted by molar-refractivity contribution is 14.1. The van der Waals surface area contributed by atoms with Gasteiger partial charge < -0.3 is 5.73 Å². The normalized spacial score (nSPS) is 14.9. The first-order valence-electron chi connectivity index (χ1n) is 5.55. The number of aromatic nitrogens is 3. The molecule has 1 aliphatic carbocycles. The lowest BCUT2D eigenvalue weighted by Crippen LogP contribution is -2.16. The van der Waals surface area contributed by atoms with Crippen LogP contribution in [0.1, 0.15) is 18.9 Å². The fraction of sp³-hybridized carbons (Fsp3) is 0.273. The van der Waals surface area contributed by atoms with Gasteiger partial charge >= 0.3 is 5.69 Å². The number of nitrogen functional groups attached to an aromatic ring is 1. The molecule has 2 aromatic rings. The minimum atomic E-state index is -0.135. The molecule has 3 N–H and O–H groups in total. The molecule has 3 rings (SSSR count). The fourth-order valence-corrected chi connectivity index (χ4v) is 3.17. The fourth-order valence-electron chi connectivity index (χ4n) is 1.73. The second kappa shape index (κ2) is 4.61. The number of nitrogens with two attached hydrogens (primary N) is 1. The van der Waals surface area contributed by atoms with Gasteiger partial charge in [-0.05, 0) is 65.4 Å². The summed E-state index contributed by atoms with van der Waals surface area (Å²) in [6.07, 6.45) is 2.10. The Bertz CT molecular complexity index is 647. The van der Waals surface area contributed by atoms with Gasteiger partial charge in [0, 0.05) is 20.2 Å². The van der Waals surface area contributed by atoms with Crippen molar-refractivity contribution >= 4 is 40.0 Å². The van der Waals surface area contributed by atoms with Crippen molar-refractivity contribution in [2.75, 3.05) is 5.73 Å². The van der Waals surface area contributed by atoms with Gasteiger partial charge in [-0.15, -0.1) is 5.10 Å². The van der Waals surface area contributed by atoms with Crippen LogP contribution in [-0.2, 0) is 0 Å². The Kier molecular flexibility index (Phi) is 3.10. The SMILES string of the molecule is Nc1cc(I)ccc1Sc1n[nH]c(=O)n1C1CC1. The third-order valence-corrected chi connectivity index (χ3v) is 4.49. The van der Waals surface area contributed by atoms with Crippen molar-refractivity contribution in [3.05, 3.63) is 32.3 Å². The summed E-state index contributed by atoms with van der Waals surface area (Å²) in [5, 5.41) is 7.26. The van der Waals surface area contributed by atoms with E-state index in [1.54, 1.807) is 4.57 Å². The van der Waals surface area contributed by atoms with Gasteiger partial charge in [0.25, 0.3) is 0 Å². The molecule has 1 heterocycles. The molecule has 5 nitrogen and oxygen atoms in total. The summed E-state index contributed by atoms with van der Waals surface area (Å²) in [5.41, 5.74) is 6.54. The maximum Gasteiger partial charge on any atom is 0.344 e. The monoisotopic (exact) mass is 374 g/mol. The molecule has 1 aromatic heterocycles. The average Bonchev–Trinajstić information content (AvgIpc) is 3.08. The zero-order valence-corrected chi connectivity index (χ0v) is 12.4. The molecule has 0 radical (unpaired) electrons. The van der Waals surface area contributed by atoms with Gasteiger partial charge in [0.1, 0.15) is 0 Å². The van der Waals surface area contributed by atoms with Crippen LogP contribution >= 0.6 is 34.4 Å². The van der Waals surface area contributed by atoms with Gasteiger partial charge in [-0.1, -0.05) is 0 Å². The molecule has 0 spiro atoms. The third kappa shape index (κ3) is 2.28. The van der Waals surface area contributed by atoms with E-state index >= 15 is 0 Å². The first-order valence-corrected chi connectivity index (χ1v) is 7.44. The lowest BCUT2D eigenvalue weighted by atomic mass is 10.3. The Labute approximate surface area is 121 Å². The van der Waals surface area contributed by atoms with Gasteiger partial charge in [-0.3, -0.25) is 4.57 Å². The number of benzene rings is 1. The molecule has 1 aliphatic rings. The predicted molar refractivity (Wildman–Crippen MR) is 78.8 cm³/mol. The Morgan fingerprint density at radius 1 is 1.50 bits per heavy atom. The van der Waals surface area contributed by atoms with Crippen molar-refractivity contribution in [2.45, 2.75) is 28.9 Å². The van der Waals surface area contributed by atoms with Crippen LogP contribution < -0.4 is 11.4 Å². The van der Waals surface area contributed by atoms with E-state index < -0.39 is 0 Å². The molecule has 7 heteroatoms. The molecule has 0 aliphatic heterocycles. The molecular weight excluding hydrogens is 363 g/mol. The smallest absolute Gasteiger partial charge is 0.344 e. The number of nitrogens with zero attached hydrogens (tertiary/aromatic N) is 2. The first kappa shape index (κ1) is 12.1. The van der Waals surface area contributed by atoms with Crippen LogP contribution in [0.15, 0.2) is 33.0 Å². The standard InChI is InChI=1S/C11H11IN4OS/c12-6-1-4-9(8(13)5-6)18-11-15-14-10(17)16(11)7-2-3-7/h1,4-5,7H,2-3,13H2,(H,14,17). The molecular formula is C11H11IN4OS. The number of H-pyrrole nitrogens is 1. The average molecular weight is 374 g/mol. The van der Waals surface area contributed by atoms with Crippen molar-refractivity contribution in [1.29, 1.82) is 0 Å². The van der Waals surface area contributed by atoms with Gasteiger partial charge in [0.05, 0.1) is 0 Å². The number of hydrogen-bond acceptors (Lipinski definition) is 4. The highest BCUT2D eigenvalue weighted by Gasteiger charge is 2.28. The lowest BCUT2D eigenvalue weighted by Gasteiger charge is -2.06. The van der Waals surface area contributed by atoms with E-state index in [4.69, 9.17) is 5.73 Å². The summed E-state index contributed by atoms with van der Waals surface area (Å²) in [4.78, 5) is 12.6. The van der Waals surface area contributed by atoms with Crippen LogP contribution in [0.2, 0.25) is 0 Å².